The van der Waals surface area contributed by atoms with Crippen molar-refractivity contribution in [2.45, 2.75) is 6.54 Å². The molecule has 0 aliphatic carbocycles. The Morgan fingerprint density at radius 2 is 2.25 bits per heavy atom. The summed E-state index contributed by atoms with van der Waals surface area (Å²) in [6, 6.07) is 6.82. The molecule has 0 bridgehead atoms. The van der Waals surface area contributed by atoms with Gasteiger partial charge in [-0.05, 0) is 24.3 Å². The zero-order valence-corrected chi connectivity index (χ0v) is 11.6. The molecule has 5 nitrogen and oxygen atoms in total. The van der Waals surface area contributed by atoms with E-state index in [2.05, 4.69) is 10.3 Å². The van der Waals surface area contributed by atoms with Crippen molar-refractivity contribution in [3.8, 4) is 5.75 Å². The molecule has 0 unspecified atom stereocenters. The van der Waals surface area contributed by atoms with E-state index in [4.69, 9.17) is 22.1 Å². The molecule has 3 N–H and O–H groups in total. The number of hydrogen-bond donors (Lipinski definition) is 2. The van der Waals surface area contributed by atoms with Crippen molar-refractivity contribution in [1.29, 1.82) is 0 Å². The van der Waals surface area contributed by atoms with Gasteiger partial charge < -0.3 is 15.8 Å². The number of rotatable bonds is 4. The van der Waals surface area contributed by atoms with Crippen LogP contribution in [0.4, 0.5) is 5.69 Å². The molecule has 0 fully saturated rings. The molecule has 20 heavy (non-hydrogen) atoms. The maximum absolute atomic E-state index is 12.0. The average molecular weight is 292 g/mol. The van der Waals surface area contributed by atoms with Gasteiger partial charge in [0, 0.05) is 30.2 Å². The van der Waals surface area contributed by atoms with E-state index < -0.39 is 0 Å². The second-order valence-electron chi connectivity index (χ2n) is 4.11. The number of carbonyl (C=O) groups excluding carboxylic acids is 1. The molecular weight excluding hydrogens is 278 g/mol. The van der Waals surface area contributed by atoms with Gasteiger partial charge in [-0.3, -0.25) is 9.78 Å². The van der Waals surface area contributed by atoms with Crippen molar-refractivity contribution >= 4 is 23.2 Å². The molecular formula is C14H14ClN3O2. The van der Waals surface area contributed by atoms with Crippen LogP contribution in [0.3, 0.4) is 0 Å². The predicted molar refractivity (Wildman–Crippen MR) is 77.8 cm³/mol. The SMILES string of the molecule is COc1ccc(N)cc1CNC(=O)c1ccncc1Cl. The van der Waals surface area contributed by atoms with Gasteiger partial charge in [0.15, 0.2) is 0 Å². The molecule has 0 saturated carbocycles. The summed E-state index contributed by atoms with van der Waals surface area (Å²) < 4.78 is 5.22. The van der Waals surface area contributed by atoms with Crippen LogP contribution < -0.4 is 15.8 Å². The molecule has 2 rings (SSSR count). The van der Waals surface area contributed by atoms with Gasteiger partial charge in [-0.25, -0.2) is 0 Å². The molecule has 0 aliphatic heterocycles. The first-order valence-electron chi connectivity index (χ1n) is 5.92. The van der Waals surface area contributed by atoms with Crippen molar-refractivity contribution in [2.75, 3.05) is 12.8 Å². The number of nitrogens with zero attached hydrogens (tertiary/aromatic N) is 1. The third-order valence-corrected chi connectivity index (χ3v) is 3.06. The van der Waals surface area contributed by atoms with Gasteiger partial charge in [0.2, 0.25) is 0 Å². The third kappa shape index (κ3) is 3.19. The number of aromatic nitrogens is 1. The van der Waals surface area contributed by atoms with Crippen LogP contribution in [0.2, 0.25) is 5.02 Å². The van der Waals surface area contributed by atoms with E-state index in [1.807, 2.05) is 0 Å². The Labute approximate surface area is 121 Å². The molecule has 0 spiro atoms. The highest BCUT2D eigenvalue weighted by Crippen LogP contribution is 2.21. The van der Waals surface area contributed by atoms with Gasteiger partial charge in [-0.1, -0.05) is 11.6 Å². The van der Waals surface area contributed by atoms with Crippen LogP contribution in [-0.4, -0.2) is 18.0 Å². The monoisotopic (exact) mass is 291 g/mol. The standard InChI is InChI=1S/C14H14ClN3O2/c1-20-13-3-2-10(16)6-9(13)7-18-14(19)11-4-5-17-8-12(11)15/h2-6,8H,7,16H2,1H3,(H,18,19). The predicted octanol–water partition coefficient (Wildman–Crippen LogP) is 2.26. The number of benzene rings is 1. The highest BCUT2D eigenvalue weighted by atomic mass is 35.5. The maximum atomic E-state index is 12.0. The number of nitrogen functional groups attached to an aromatic ring is 1. The lowest BCUT2D eigenvalue weighted by atomic mass is 10.1. The number of methoxy groups -OCH3 is 1. The molecule has 1 aromatic heterocycles. The lowest BCUT2D eigenvalue weighted by molar-refractivity contribution is 0.0950. The highest BCUT2D eigenvalue weighted by molar-refractivity contribution is 6.33. The van der Waals surface area contributed by atoms with Gasteiger partial charge in [0.05, 0.1) is 17.7 Å². The first-order valence-corrected chi connectivity index (χ1v) is 6.29. The number of anilines is 1. The van der Waals surface area contributed by atoms with E-state index >= 15 is 0 Å². The third-order valence-electron chi connectivity index (χ3n) is 2.76. The van der Waals surface area contributed by atoms with Crippen LogP contribution in [-0.2, 0) is 6.54 Å². The van der Waals surface area contributed by atoms with Crippen molar-refractivity contribution in [1.82, 2.24) is 10.3 Å². The van der Waals surface area contributed by atoms with E-state index in [1.54, 1.807) is 31.4 Å². The summed E-state index contributed by atoms with van der Waals surface area (Å²) in [6.45, 7) is 0.297. The van der Waals surface area contributed by atoms with E-state index in [-0.39, 0.29) is 5.91 Å². The number of halogens is 1. The molecule has 0 atom stereocenters. The molecule has 0 saturated heterocycles. The van der Waals surface area contributed by atoms with Crippen LogP contribution in [0.15, 0.2) is 36.7 Å². The summed E-state index contributed by atoms with van der Waals surface area (Å²) in [5, 5.41) is 3.08. The number of ether oxygens (including phenoxy) is 1. The van der Waals surface area contributed by atoms with Crippen LogP contribution in [0, 0.1) is 0 Å². The smallest absolute Gasteiger partial charge is 0.253 e. The van der Waals surface area contributed by atoms with Crippen LogP contribution in [0.25, 0.3) is 0 Å². The Morgan fingerprint density at radius 3 is 2.95 bits per heavy atom. The second kappa shape index (κ2) is 6.25. The number of amides is 1. The quantitative estimate of drug-likeness (QED) is 0.847. The summed E-state index contributed by atoms with van der Waals surface area (Å²) in [6.07, 6.45) is 2.94. The minimum absolute atomic E-state index is 0.276. The first-order chi connectivity index (χ1) is 9.61. The molecule has 1 aromatic carbocycles. The summed E-state index contributed by atoms with van der Waals surface area (Å²) in [4.78, 5) is 15.9. The fraction of sp³-hybridized carbons (Fsp3) is 0.143. The van der Waals surface area contributed by atoms with Gasteiger partial charge in [-0.2, -0.15) is 0 Å². The summed E-state index contributed by atoms with van der Waals surface area (Å²) in [7, 11) is 1.57. The van der Waals surface area contributed by atoms with E-state index in [1.165, 1.54) is 12.4 Å². The number of carbonyl (C=O) groups is 1. The average Bonchev–Trinajstić information content (AvgIpc) is 2.45. The van der Waals surface area contributed by atoms with E-state index in [9.17, 15) is 4.79 Å². The first kappa shape index (κ1) is 14.1. The number of nitrogens with one attached hydrogen (secondary N) is 1. The number of nitrogens with two attached hydrogens (primary N) is 1. The fourth-order valence-electron chi connectivity index (χ4n) is 1.77. The minimum atomic E-state index is -0.276. The minimum Gasteiger partial charge on any atom is -0.496 e. The van der Waals surface area contributed by atoms with E-state index in [0.717, 1.165) is 5.56 Å². The molecule has 2 aromatic rings. The maximum Gasteiger partial charge on any atom is 0.253 e. The Balaban J connectivity index is 2.11. The van der Waals surface area contributed by atoms with E-state index in [0.29, 0.717) is 28.6 Å². The van der Waals surface area contributed by atoms with Gasteiger partial charge in [0.25, 0.3) is 5.91 Å². The van der Waals surface area contributed by atoms with Gasteiger partial charge in [-0.15, -0.1) is 0 Å². The summed E-state index contributed by atoms with van der Waals surface area (Å²) >= 11 is 5.92. The van der Waals surface area contributed by atoms with Crippen molar-refractivity contribution in [3.63, 3.8) is 0 Å². The Hall–Kier alpha value is -2.27. The topological polar surface area (TPSA) is 77.2 Å². The largest absolute Gasteiger partial charge is 0.496 e. The lowest BCUT2D eigenvalue weighted by Gasteiger charge is -2.11. The van der Waals surface area contributed by atoms with Crippen molar-refractivity contribution < 1.29 is 9.53 Å². The normalized spacial score (nSPS) is 10.1. The van der Waals surface area contributed by atoms with Crippen molar-refractivity contribution in [2.24, 2.45) is 0 Å². The zero-order valence-electron chi connectivity index (χ0n) is 10.9. The van der Waals surface area contributed by atoms with Crippen LogP contribution >= 0.6 is 11.6 Å². The van der Waals surface area contributed by atoms with Gasteiger partial charge in [0.1, 0.15) is 5.75 Å². The Bertz CT molecular complexity index is 632. The summed E-state index contributed by atoms with van der Waals surface area (Å²) in [5.41, 5.74) is 7.51. The highest BCUT2D eigenvalue weighted by Gasteiger charge is 2.11. The molecule has 0 radical (unpaired) electrons. The fourth-order valence-corrected chi connectivity index (χ4v) is 1.97. The van der Waals surface area contributed by atoms with Crippen LogP contribution in [0.5, 0.6) is 5.75 Å². The van der Waals surface area contributed by atoms with Gasteiger partial charge >= 0.3 is 0 Å². The van der Waals surface area contributed by atoms with Crippen LogP contribution in [0.1, 0.15) is 15.9 Å². The molecule has 1 amide bonds. The molecule has 104 valence electrons. The summed E-state index contributed by atoms with van der Waals surface area (Å²) in [5.74, 6) is 0.391. The molecule has 6 heteroatoms. The lowest BCUT2D eigenvalue weighted by Crippen LogP contribution is -2.23. The second-order valence-corrected chi connectivity index (χ2v) is 4.52. The Kier molecular flexibility index (Phi) is 4.42. The molecule has 1 heterocycles. The number of pyridine rings is 1. The Morgan fingerprint density at radius 1 is 1.45 bits per heavy atom. The zero-order chi connectivity index (χ0) is 14.5. The number of hydrogen-bond acceptors (Lipinski definition) is 4. The molecule has 0 aliphatic rings. The van der Waals surface area contributed by atoms with Crippen molar-refractivity contribution in [3.05, 3.63) is 52.8 Å².